The molecule has 6 heteroatoms. The van der Waals surface area contributed by atoms with Crippen molar-refractivity contribution in [3.05, 3.63) is 68.7 Å². The average molecular weight is 306 g/mol. The molecular formula is C15H12ClNO4. The molecule has 0 saturated carbocycles. The number of benzene rings is 2. The smallest absolute Gasteiger partial charge is 0.311 e. The molecule has 0 aromatic heterocycles. The van der Waals surface area contributed by atoms with E-state index in [4.69, 9.17) is 16.3 Å². The Kier molecular flexibility index (Phi) is 4.55. The van der Waals surface area contributed by atoms with Crippen LogP contribution >= 0.6 is 11.6 Å². The maximum Gasteiger partial charge on any atom is 0.311 e. The summed E-state index contributed by atoms with van der Waals surface area (Å²) in [6.45, 7) is 1.75. The SMILES string of the molecule is C[C@@H](Oc1ccc(C=O)cc1[N+](=O)[O-])c1ccccc1Cl. The molecule has 0 unspecified atom stereocenters. The van der Waals surface area contributed by atoms with Gasteiger partial charge in [0.25, 0.3) is 0 Å². The zero-order chi connectivity index (χ0) is 15.4. The zero-order valence-corrected chi connectivity index (χ0v) is 11.9. The molecule has 2 aromatic carbocycles. The number of nitro groups is 1. The Hall–Kier alpha value is -2.40. The number of carbonyl (C=O) groups excluding carboxylic acids is 1. The Bertz CT molecular complexity index is 687. The number of aldehydes is 1. The van der Waals surface area contributed by atoms with Crippen LogP contribution in [0.2, 0.25) is 5.02 Å². The molecule has 0 aliphatic carbocycles. The third-order valence-corrected chi connectivity index (χ3v) is 3.31. The molecule has 0 N–H and O–H groups in total. The van der Waals surface area contributed by atoms with E-state index in [9.17, 15) is 14.9 Å². The Morgan fingerprint density at radius 1 is 1.29 bits per heavy atom. The van der Waals surface area contributed by atoms with Crippen LogP contribution in [0.3, 0.4) is 0 Å². The summed E-state index contributed by atoms with van der Waals surface area (Å²) in [5.74, 6) is 0.0954. The number of carbonyl (C=O) groups is 1. The van der Waals surface area contributed by atoms with Crippen LogP contribution in [0.5, 0.6) is 5.75 Å². The second-order valence-corrected chi connectivity index (χ2v) is 4.79. The van der Waals surface area contributed by atoms with Crippen molar-refractivity contribution >= 4 is 23.6 Å². The number of halogens is 1. The van der Waals surface area contributed by atoms with Crippen LogP contribution < -0.4 is 4.74 Å². The van der Waals surface area contributed by atoms with Crippen LogP contribution in [0.25, 0.3) is 0 Å². The van der Waals surface area contributed by atoms with Gasteiger partial charge in [-0.3, -0.25) is 14.9 Å². The summed E-state index contributed by atoms with van der Waals surface area (Å²) in [7, 11) is 0. The summed E-state index contributed by atoms with van der Waals surface area (Å²) in [5, 5.41) is 11.6. The summed E-state index contributed by atoms with van der Waals surface area (Å²) in [6.07, 6.45) is 0.0911. The van der Waals surface area contributed by atoms with E-state index in [-0.39, 0.29) is 17.0 Å². The minimum atomic E-state index is -0.582. The van der Waals surface area contributed by atoms with Crippen LogP contribution in [0.4, 0.5) is 5.69 Å². The van der Waals surface area contributed by atoms with Crippen molar-refractivity contribution in [2.45, 2.75) is 13.0 Å². The van der Waals surface area contributed by atoms with Gasteiger partial charge in [-0.15, -0.1) is 0 Å². The first-order valence-electron chi connectivity index (χ1n) is 6.17. The highest BCUT2D eigenvalue weighted by Gasteiger charge is 2.19. The standard InChI is InChI=1S/C15H12ClNO4/c1-10(12-4-2-3-5-13(12)16)21-15-7-6-11(9-18)8-14(15)17(19)20/h2-10H,1H3/t10-/m1/s1. The van der Waals surface area contributed by atoms with Gasteiger partial charge < -0.3 is 4.74 Å². The molecule has 2 aromatic rings. The zero-order valence-electron chi connectivity index (χ0n) is 11.2. The largest absolute Gasteiger partial charge is 0.479 e. The van der Waals surface area contributed by atoms with Crippen LogP contribution in [0.1, 0.15) is 28.9 Å². The highest BCUT2D eigenvalue weighted by molar-refractivity contribution is 6.31. The van der Waals surface area contributed by atoms with E-state index >= 15 is 0 Å². The minimum Gasteiger partial charge on any atom is -0.479 e. The molecule has 0 bridgehead atoms. The first kappa shape index (κ1) is 15.0. The number of nitrogens with zero attached hydrogens (tertiary/aromatic N) is 1. The second kappa shape index (κ2) is 6.37. The van der Waals surface area contributed by atoms with Gasteiger partial charge >= 0.3 is 5.69 Å². The lowest BCUT2D eigenvalue weighted by Gasteiger charge is -2.16. The van der Waals surface area contributed by atoms with Crippen LogP contribution in [-0.4, -0.2) is 11.2 Å². The van der Waals surface area contributed by atoms with Crippen LogP contribution in [-0.2, 0) is 0 Å². The van der Waals surface area contributed by atoms with Crippen molar-refractivity contribution in [3.63, 3.8) is 0 Å². The van der Waals surface area contributed by atoms with E-state index in [2.05, 4.69) is 0 Å². The second-order valence-electron chi connectivity index (χ2n) is 4.38. The van der Waals surface area contributed by atoms with Crippen molar-refractivity contribution < 1.29 is 14.5 Å². The van der Waals surface area contributed by atoms with E-state index in [1.807, 2.05) is 6.07 Å². The van der Waals surface area contributed by atoms with Crippen molar-refractivity contribution in [1.29, 1.82) is 0 Å². The number of hydrogen-bond donors (Lipinski definition) is 0. The Balaban J connectivity index is 2.33. The van der Waals surface area contributed by atoms with Gasteiger partial charge in [-0.2, -0.15) is 0 Å². The normalized spacial score (nSPS) is 11.7. The first-order chi connectivity index (χ1) is 10.0. The quantitative estimate of drug-likeness (QED) is 0.471. The number of hydrogen-bond acceptors (Lipinski definition) is 4. The summed E-state index contributed by atoms with van der Waals surface area (Å²) in [5.41, 5.74) is 0.700. The first-order valence-corrected chi connectivity index (χ1v) is 6.55. The van der Waals surface area contributed by atoms with Gasteiger partial charge in [0.2, 0.25) is 0 Å². The monoisotopic (exact) mass is 305 g/mol. The molecule has 2 rings (SSSR count). The molecule has 0 radical (unpaired) electrons. The van der Waals surface area contributed by atoms with Crippen molar-refractivity contribution in [2.75, 3.05) is 0 Å². The molecule has 1 atom stereocenters. The average Bonchev–Trinajstić information content (AvgIpc) is 2.47. The van der Waals surface area contributed by atoms with Crippen LogP contribution in [0, 0.1) is 10.1 Å². The minimum absolute atomic E-state index is 0.0954. The molecule has 0 aliphatic rings. The predicted molar refractivity (Wildman–Crippen MR) is 79.0 cm³/mol. The van der Waals surface area contributed by atoms with E-state index in [0.717, 1.165) is 5.56 Å². The summed E-state index contributed by atoms with van der Waals surface area (Å²) >= 11 is 6.08. The highest BCUT2D eigenvalue weighted by atomic mass is 35.5. The molecule has 0 amide bonds. The maximum atomic E-state index is 11.1. The van der Waals surface area contributed by atoms with Gasteiger partial charge in [0.15, 0.2) is 5.75 Å². The number of nitro benzene ring substituents is 1. The molecule has 5 nitrogen and oxygen atoms in total. The summed E-state index contributed by atoms with van der Waals surface area (Å²) in [6, 6.07) is 11.2. The third kappa shape index (κ3) is 3.38. The highest BCUT2D eigenvalue weighted by Crippen LogP contribution is 2.33. The maximum absolute atomic E-state index is 11.1. The van der Waals surface area contributed by atoms with Crippen molar-refractivity contribution in [3.8, 4) is 5.75 Å². The van der Waals surface area contributed by atoms with Gasteiger partial charge in [0.1, 0.15) is 12.4 Å². The van der Waals surface area contributed by atoms with Gasteiger partial charge in [-0.05, 0) is 25.1 Å². The van der Waals surface area contributed by atoms with Gasteiger partial charge in [0, 0.05) is 22.2 Å². The summed E-state index contributed by atoms with van der Waals surface area (Å²) < 4.78 is 5.63. The topological polar surface area (TPSA) is 69.4 Å². The third-order valence-electron chi connectivity index (χ3n) is 2.96. The molecule has 0 fully saturated rings. The fraction of sp³-hybridized carbons (Fsp3) is 0.133. The van der Waals surface area contributed by atoms with E-state index in [0.29, 0.717) is 11.3 Å². The molecule has 0 aliphatic heterocycles. The lowest BCUT2D eigenvalue weighted by Crippen LogP contribution is -2.06. The van der Waals surface area contributed by atoms with E-state index in [1.54, 1.807) is 25.1 Å². The van der Waals surface area contributed by atoms with Gasteiger partial charge in [0.05, 0.1) is 4.92 Å². The van der Waals surface area contributed by atoms with Gasteiger partial charge in [-0.1, -0.05) is 29.8 Å². The molecule has 108 valence electrons. The summed E-state index contributed by atoms with van der Waals surface area (Å²) in [4.78, 5) is 21.2. The van der Waals surface area contributed by atoms with E-state index in [1.165, 1.54) is 18.2 Å². The fourth-order valence-corrected chi connectivity index (χ4v) is 2.20. The Labute approximate surface area is 126 Å². The fourth-order valence-electron chi connectivity index (χ4n) is 1.91. The van der Waals surface area contributed by atoms with E-state index < -0.39 is 11.0 Å². The molecular weight excluding hydrogens is 294 g/mol. The molecule has 21 heavy (non-hydrogen) atoms. The predicted octanol–water partition coefficient (Wildman–Crippen LogP) is 4.20. The lowest BCUT2D eigenvalue weighted by atomic mass is 10.1. The molecule has 0 heterocycles. The van der Waals surface area contributed by atoms with Crippen LogP contribution in [0.15, 0.2) is 42.5 Å². The van der Waals surface area contributed by atoms with Crippen molar-refractivity contribution in [2.24, 2.45) is 0 Å². The Morgan fingerprint density at radius 3 is 2.62 bits per heavy atom. The van der Waals surface area contributed by atoms with Crippen molar-refractivity contribution in [1.82, 2.24) is 0 Å². The van der Waals surface area contributed by atoms with Gasteiger partial charge in [-0.25, -0.2) is 0 Å². The lowest BCUT2D eigenvalue weighted by molar-refractivity contribution is -0.386. The number of ether oxygens (including phenoxy) is 1. The number of rotatable bonds is 5. The molecule has 0 spiro atoms. The Morgan fingerprint density at radius 2 is 2.00 bits per heavy atom. The molecule has 0 saturated heterocycles.